The third-order valence-corrected chi connectivity index (χ3v) is 3.88. The van der Waals surface area contributed by atoms with Crippen molar-refractivity contribution in [3.05, 3.63) is 66.4 Å². The molecule has 1 atom stereocenters. The number of carbonyl (C=O) groups excluding carboxylic acids is 1. The van der Waals surface area contributed by atoms with Gasteiger partial charge < -0.3 is 14.7 Å². The van der Waals surface area contributed by atoms with Crippen molar-refractivity contribution in [3.8, 4) is 11.4 Å². The van der Waals surface area contributed by atoms with Crippen LogP contribution in [0.3, 0.4) is 0 Å². The van der Waals surface area contributed by atoms with Crippen molar-refractivity contribution in [3.63, 3.8) is 0 Å². The summed E-state index contributed by atoms with van der Waals surface area (Å²) in [6.07, 6.45) is 5.05. The molecule has 1 amide bonds. The molecule has 0 fully saturated rings. The molecule has 6 heteroatoms. The van der Waals surface area contributed by atoms with E-state index in [0.29, 0.717) is 17.9 Å². The van der Waals surface area contributed by atoms with Crippen molar-refractivity contribution < 1.29 is 9.21 Å². The number of rotatable bonds is 6. The first-order valence-corrected chi connectivity index (χ1v) is 7.73. The summed E-state index contributed by atoms with van der Waals surface area (Å²) >= 11 is 0. The minimum Gasteiger partial charge on any atom is -0.468 e. The van der Waals surface area contributed by atoms with E-state index in [9.17, 15) is 4.79 Å². The van der Waals surface area contributed by atoms with Gasteiger partial charge in [-0.15, -0.1) is 0 Å². The second-order valence-corrected chi connectivity index (χ2v) is 5.69. The van der Waals surface area contributed by atoms with Crippen LogP contribution in [0.15, 0.2) is 59.5 Å². The number of amides is 1. The van der Waals surface area contributed by atoms with Gasteiger partial charge in [-0.05, 0) is 32.3 Å². The zero-order valence-electron chi connectivity index (χ0n) is 13.7. The molecule has 2 heterocycles. The number of aromatic amines is 1. The highest BCUT2D eigenvalue weighted by Crippen LogP contribution is 2.21. The molecule has 2 aromatic heterocycles. The minimum absolute atomic E-state index is 0.0280. The lowest BCUT2D eigenvalue weighted by atomic mass is 10.1. The number of nitrogens with zero attached hydrogens (tertiary/aromatic N) is 2. The predicted molar refractivity (Wildman–Crippen MR) is 91.5 cm³/mol. The number of H-pyrrole nitrogens is 1. The molecular formula is C18H20N4O2. The number of likely N-dealkylation sites (N-methyl/N-ethyl adjacent to an activating group) is 1. The molecule has 0 aliphatic heterocycles. The number of imidazole rings is 1. The first-order chi connectivity index (χ1) is 11.7. The Hall–Kier alpha value is -2.86. The molecule has 0 aliphatic rings. The number of hydrogen-bond donors (Lipinski definition) is 2. The molecule has 3 aromatic rings. The Morgan fingerprint density at radius 3 is 2.79 bits per heavy atom. The zero-order valence-corrected chi connectivity index (χ0v) is 13.7. The van der Waals surface area contributed by atoms with Gasteiger partial charge in [0.2, 0.25) is 0 Å². The second-order valence-electron chi connectivity index (χ2n) is 5.69. The normalized spacial score (nSPS) is 12.3. The van der Waals surface area contributed by atoms with Gasteiger partial charge in [0.1, 0.15) is 11.6 Å². The summed E-state index contributed by atoms with van der Waals surface area (Å²) in [7, 11) is 3.91. The van der Waals surface area contributed by atoms with Crippen LogP contribution in [0, 0.1) is 0 Å². The Kier molecular flexibility index (Phi) is 4.77. The van der Waals surface area contributed by atoms with Gasteiger partial charge in [0.05, 0.1) is 17.9 Å². The number of carbonyl (C=O) groups is 1. The summed E-state index contributed by atoms with van der Waals surface area (Å²) in [5, 5.41) is 2.99. The fourth-order valence-corrected chi connectivity index (χ4v) is 2.60. The van der Waals surface area contributed by atoms with E-state index in [4.69, 9.17) is 4.42 Å². The highest BCUT2D eigenvalue weighted by atomic mass is 16.3. The summed E-state index contributed by atoms with van der Waals surface area (Å²) in [5.41, 5.74) is 1.36. The largest absolute Gasteiger partial charge is 0.468 e. The summed E-state index contributed by atoms with van der Waals surface area (Å²) in [6, 6.07) is 11.1. The topological polar surface area (TPSA) is 74.2 Å². The Morgan fingerprint density at radius 1 is 1.29 bits per heavy atom. The summed E-state index contributed by atoms with van der Waals surface area (Å²) in [6.45, 7) is 0.450. The molecule has 0 saturated carbocycles. The maximum atomic E-state index is 12.7. The Balaban J connectivity index is 1.76. The molecule has 0 aliphatic carbocycles. The summed E-state index contributed by atoms with van der Waals surface area (Å²) < 4.78 is 5.47. The van der Waals surface area contributed by atoms with Crippen LogP contribution in [0.5, 0.6) is 0 Å². The summed E-state index contributed by atoms with van der Waals surface area (Å²) in [5.74, 6) is 1.36. The molecule has 24 heavy (non-hydrogen) atoms. The van der Waals surface area contributed by atoms with Crippen LogP contribution in [-0.4, -0.2) is 41.4 Å². The quantitative estimate of drug-likeness (QED) is 0.731. The number of benzene rings is 1. The first kappa shape index (κ1) is 16.0. The molecule has 6 nitrogen and oxygen atoms in total. The van der Waals surface area contributed by atoms with Gasteiger partial charge in [0, 0.05) is 24.5 Å². The number of hydrogen-bond acceptors (Lipinski definition) is 4. The smallest absolute Gasteiger partial charge is 0.252 e. The fourth-order valence-electron chi connectivity index (χ4n) is 2.60. The van der Waals surface area contributed by atoms with Crippen LogP contribution < -0.4 is 5.32 Å². The van der Waals surface area contributed by atoms with Gasteiger partial charge in [-0.25, -0.2) is 4.98 Å². The van der Waals surface area contributed by atoms with Crippen LogP contribution in [0.1, 0.15) is 22.2 Å². The van der Waals surface area contributed by atoms with Crippen LogP contribution in [0.4, 0.5) is 0 Å². The lowest BCUT2D eigenvalue weighted by Gasteiger charge is -2.22. The third kappa shape index (κ3) is 3.38. The van der Waals surface area contributed by atoms with Crippen LogP contribution in [0.2, 0.25) is 0 Å². The Morgan fingerprint density at radius 2 is 2.12 bits per heavy atom. The van der Waals surface area contributed by atoms with Crippen molar-refractivity contribution in [1.29, 1.82) is 0 Å². The minimum atomic E-state index is -0.139. The van der Waals surface area contributed by atoms with Gasteiger partial charge >= 0.3 is 0 Å². The van der Waals surface area contributed by atoms with Gasteiger partial charge in [0.25, 0.3) is 5.91 Å². The molecule has 0 radical (unpaired) electrons. The van der Waals surface area contributed by atoms with Crippen LogP contribution >= 0.6 is 0 Å². The highest BCUT2D eigenvalue weighted by Gasteiger charge is 2.19. The lowest BCUT2D eigenvalue weighted by Crippen LogP contribution is -2.34. The van der Waals surface area contributed by atoms with E-state index in [1.807, 2.05) is 49.3 Å². The van der Waals surface area contributed by atoms with E-state index in [-0.39, 0.29) is 11.9 Å². The van der Waals surface area contributed by atoms with E-state index in [2.05, 4.69) is 15.3 Å². The van der Waals surface area contributed by atoms with Gasteiger partial charge in [-0.1, -0.05) is 18.2 Å². The highest BCUT2D eigenvalue weighted by molar-refractivity contribution is 6.00. The van der Waals surface area contributed by atoms with E-state index in [1.54, 1.807) is 24.7 Å². The maximum Gasteiger partial charge on any atom is 0.252 e. The zero-order chi connectivity index (χ0) is 16.9. The molecule has 0 spiro atoms. The molecule has 0 saturated heterocycles. The first-order valence-electron chi connectivity index (χ1n) is 7.73. The molecule has 1 aromatic carbocycles. The van der Waals surface area contributed by atoms with E-state index >= 15 is 0 Å². The van der Waals surface area contributed by atoms with Crippen molar-refractivity contribution in [2.45, 2.75) is 6.04 Å². The molecule has 0 bridgehead atoms. The molecule has 2 N–H and O–H groups in total. The third-order valence-electron chi connectivity index (χ3n) is 3.88. The predicted octanol–water partition coefficient (Wildman–Crippen LogP) is 2.70. The fraction of sp³-hybridized carbons (Fsp3) is 0.222. The number of nitrogens with one attached hydrogen (secondary N) is 2. The molecule has 124 valence electrons. The van der Waals surface area contributed by atoms with Crippen LogP contribution in [-0.2, 0) is 0 Å². The van der Waals surface area contributed by atoms with Crippen molar-refractivity contribution >= 4 is 5.91 Å². The molecule has 0 unspecified atom stereocenters. The van der Waals surface area contributed by atoms with Crippen molar-refractivity contribution in [2.24, 2.45) is 0 Å². The van der Waals surface area contributed by atoms with Crippen molar-refractivity contribution in [1.82, 2.24) is 20.2 Å². The lowest BCUT2D eigenvalue weighted by molar-refractivity contribution is 0.0939. The second kappa shape index (κ2) is 7.14. The Labute approximate surface area is 140 Å². The number of furan rings is 1. The average Bonchev–Trinajstić information content (AvgIpc) is 3.28. The summed E-state index contributed by atoms with van der Waals surface area (Å²) in [4.78, 5) is 21.9. The van der Waals surface area contributed by atoms with Gasteiger partial charge in [0.15, 0.2) is 0 Å². The standard InChI is InChI=1S/C18H20N4O2/c1-22(2)15(16-8-5-11-24-16)12-21-18(23)14-7-4-3-6-13(14)17-19-9-10-20-17/h3-11,15H,12H2,1-2H3,(H,19,20)(H,21,23)/t15-/m1/s1. The SMILES string of the molecule is CN(C)[C@H](CNC(=O)c1ccccc1-c1ncc[nH]1)c1ccco1. The Bertz CT molecular complexity index is 779. The monoisotopic (exact) mass is 324 g/mol. The molecule has 3 rings (SSSR count). The van der Waals surface area contributed by atoms with Crippen LogP contribution in [0.25, 0.3) is 11.4 Å². The van der Waals surface area contributed by atoms with E-state index < -0.39 is 0 Å². The van der Waals surface area contributed by atoms with Gasteiger partial charge in [-0.3, -0.25) is 9.69 Å². The number of aromatic nitrogens is 2. The van der Waals surface area contributed by atoms with Gasteiger partial charge in [-0.2, -0.15) is 0 Å². The van der Waals surface area contributed by atoms with Crippen molar-refractivity contribution in [2.75, 3.05) is 20.6 Å². The maximum absolute atomic E-state index is 12.7. The van der Waals surface area contributed by atoms with E-state index in [0.717, 1.165) is 11.3 Å². The van der Waals surface area contributed by atoms with E-state index in [1.165, 1.54) is 0 Å². The average molecular weight is 324 g/mol. The molecular weight excluding hydrogens is 304 g/mol.